The first kappa shape index (κ1) is 13.0. The fourth-order valence-corrected chi connectivity index (χ4v) is 2.48. The Morgan fingerprint density at radius 3 is 2.90 bits per heavy atom. The van der Waals surface area contributed by atoms with Crippen LogP contribution in [0.5, 0.6) is 11.6 Å². The van der Waals surface area contributed by atoms with Gasteiger partial charge in [-0.25, -0.2) is 4.98 Å². The molecule has 1 aliphatic carbocycles. The van der Waals surface area contributed by atoms with Gasteiger partial charge in [-0.3, -0.25) is 4.98 Å². The van der Waals surface area contributed by atoms with Gasteiger partial charge in [0.2, 0.25) is 5.88 Å². The third-order valence-electron chi connectivity index (χ3n) is 3.38. The first-order valence-corrected chi connectivity index (χ1v) is 6.97. The molecule has 0 fully saturated rings. The molecular formula is C15H15N3OS. The molecule has 102 valence electrons. The smallest absolute Gasteiger partial charge is 0.229 e. The molecule has 1 aliphatic rings. The Kier molecular flexibility index (Phi) is 3.36. The van der Waals surface area contributed by atoms with Crippen LogP contribution in [0.1, 0.15) is 28.9 Å². The summed E-state index contributed by atoms with van der Waals surface area (Å²) in [6.45, 7) is 1.93. The predicted octanol–water partition coefficient (Wildman–Crippen LogP) is 2.70. The third kappa shape index (κ3) is 2.49. The highest BCUT2D eigenvalue weighted by Crippen LogP contribution is 2.29. The molecule has 0 bridgehead atoms. The molecule has 2 aromatic heterocycles. The second-order valence-electron chi connectivity index (χ2n) is 4.90. The molecule has 3 rings (SSSR count). The molecule has 2 heterocycles. The Labute approximate surface area is 123 Å². The molecule has 0 saturated carbocycles. The van der Waals surface area contributed by atoms with Gasteiger partial charge in [0.1, 0.15) is 10.7 Å². The molecular weight excluding hydrogens is 270 g/mol. The summed E-state index contributed by atoms with van der Waals surface area (Å²) in [4.78, 5) is 9.09. The van der Waals surface area contributed by atoms with Crippen molar-refractivity contribution >= 4 is 17.2 Å². The lowest BCUT2D eigenvalue weighted by molar-refractivity contribution is 0.457. The monoisotopic (exact) mass is 285 g/mol. The standard InChI is InChI=1S/C15H15N3OS/c1-9-5-6-11(8-17-9)19-15-12(14(16)20)7-10-3-2-4-13(10)18-15/h5-8H,2-4H2,1H3,(H2,16,20). The second-order valence-corrected chi connectivity index (χ2v) is 5.34. The van der Waals surface area contributed by atoms with E-state index < -0.39 is 0 Å². The summed E-state index contributed by atoms with van der Waals surface area (Å²) in [6, 6.07) is 5.76. The van der Waals surface area contributed by atoms with Crippen molar-refractivity contribution < 1.29 is 4.74 Å². The molecule has 0 aliphatic heterocycles. The van der Waals surface area contributed by atoms with E-state index in [1.165, 1.54) is 5.56 Å². The lowest BCUT2D eigenvalue weighted by Crippen LogP contribution is -2.13. The van der Waals surface area contributed by atoms with E-state index in [0.717, 1.165) is 30.7 Å². The zero-order valence-electron chi connectivity index (χ0n) is 11.2. The third-order valence-corrected chi connectivity index (χ3v) is 3.60. The minimum absolute atomic E-state index is 0.308. The van der Waals surface area contributed by atoms with Crippen LogP contribution >= 0.6 is 12.2 Å². The molecule has 0 atom stereocenters. The SMILES string of the molecule is Cc1ccc(Oc2nc3c(cc2C(N)=S)CCC3)cn1. The van der Waals surface area contributed by atoms with E-state index in [9.17, 15) is 0 Å². The molecule has 0 aromatic carbocycles. The largest absolute Gasteiger partial charge is 0.437 e. The van der Waals surface area contributed by atoms with Crippen LogP contribution in [0.4, 0.5) is 0 Å². The maximum absolute atomic E-state index is 5.81. The molecule has 2 aromatic rings. The lowest BCUT2D eigenvalue weighted by atomic mass is 10.1. The van der Waals surface area contributed by atoms with Gasteiger partial charge >= 0.3 is 0 Å². The number of pyridine rings is 2. The molecule has 0 amide bonds. The van der Waals surface area contributed by atoms with Crippen LogP contribution in [0.3, 0.4) is 0 Å². The normalized spacial score (nSPS) is 13.1. The van der Waals surface area contributed by atoms with Gasteiger partial charge in [-0.05, 0) is 49.9 Å². The average molecular weight is 285 g/mol. The number of nitrogens with two attached hydrogens (primary N) is 1. The van der Waals surface area contributed by atoms with Crippen molar-refractivity contribution in [2.75, 3.05) is 0 Å². The summed E-state index contributed by atoms with van der Waals surface area (Å²) in [5.74, 6) is 1.11. The molecule has 5 heteroatoms. The average Bonchev–Trinajstić information content (AvgIpc) is 2.87. The van der Waals surface area contributed by atoms with Crippen molar-refractivity contribution in [3.05, 3.63) is 46.9 Å². The van der Waals surface area contributed by atoms with Crippen LogP contribution in [-0.2, 0) is 12.8 Å². The van der Waals surface area contributed by atoms with Crippen molar-refractivity contribution in [1.82, 2.24) is 9.97 Å². The van der Waals surface area contributed by atoms with Gasteiger partial charge in [0.05, 0.1) is 11.8 Å². The number of fused-ring (bicyclic) bond motifs is 1. The number of hydrogen-bond acceptors (Lipinski definition) is 4. The zero-order chi connectivity index (χ0) is 14.1. The number of rotatable bonds is 3. The van der Waals surface area contributed by atoms with E-state index in [0.29, 0.717) is 22.2 Å². The lowest BCUT2D eigenvalue weighted by Gasteiger charge is -2.11. The molecule has 0 unspecified atom stereocenters. The van der Waals surface area contributed by atoms with E-state index in [1.54, 1.807) is 6.20 Å². The molecule has 4 nitrogen and oxygen atoms in total. The van der Waals surface area contributed by atoms with Gasteiger partial charge in [-0.1, -0.05) is 12.2 Å². The van der Waals surface area contributed by atoms with Gasteiger partial charge in [-0.15, -0.1) is 0 Å². The van der Waals surface area contributed by atoms with E-state index >= 15 is 0 Å². The van der Waals surface area contributed by atoms with E-state index in [-0.39, 0.29) is 0 Å². The maximum atomic E-state index is 5.81. The van der Waals surface area contributed by atoms with Gasteiger partial charge in [0.15, 0.2) is 0 Å². The predicted molar refractivity (Wildman–Crippen MR) is 81.2 cm³/mol. The van der Waals surface area contributed by atoms with Gasteiger partial charge in [0.25, 0.3) is 0 Å². The Balaban J connectivity index is 1.99. The van der Waals surface area contributed by atoms with Crippen LogP contribution < -0.4 is 10.5 Å². The van der Waals surface area contributed by atoms with Crippen LogP contribution in [0.25, 0.3) is 0 Å². The topological polar surface area (TPSA) is 61.0 Å². The van der Waals surface area contributed by atoms with Crippen LogP contribution in [-0.4, -0.2) is 15.0 Å². The number of ether oxygens (including phenoxy) is 1. The highest BCUT2D eigenvalue weighted by molar-refractivity contribution is 7.80. The molecule has 0 radical (unpaired) electrons. The van der Waals surface area contributed by atoms with Crippen molar-refractivity contribution in [3.63, 3.8) is 0 Å². The van der Waals surface area contributed by atoms with Crippen LogP contribution in [0.15, 0.2) is 24.4 Å². The van der Waals surface area contributed by atoms with Gasteiger partial charge < -0.3 is 10.5 Å². The van der Waals surface area contributed by atoms with E-state index in [4.69, 9.17) is 22.7 Å². The minimum atomic E-state index is 0.308. The highest BCUT2D eigenvalue weighted by Gasteiger charge is 2.19. The minimum Gasteiger partial charge on any atom is -0.437 e. The van der Waals surface area contributed by atoms with E-state index in [1.807, 2.05) is 25.1 Å². The fourth-order valence-electron chi connectivity index (χ4n) is 2.33. The first-order chi connectivity index (χ1) is 9.63. The Morgan fingerprint density at radius 2 is 2.20 bits per heavy atom. The summed E-state index contributed by atoms with van der Waals surface area (Å²) in [5, 5.41) is 0. The van der Waals surface area contributed by atoms with E-state index in [2.05, 4.69) is 9.97 Å². The number of nitrogens with zero attached hydrogens (tertiary/aromatic N) is 2. The molecule has 20 heavy (non-hydrogen) atoms. The quantitative estimate of drug-likeness (QED) is 0.879. The number of aromatic nitrogens is 2. The summed E-state index contributed by atoms with van der Waals surface area (Å²) < 4.78 is 5.81. The molecule has 0 spiro atoms. The number of thiocarbonyl (C=S) groups is 1. The maximum Gasteiger partial charge on any atom is 0.229 e. The summed E-state index contributed by atoms with van der Waals surface area (Å²) in [7, 11) is 0. The van der Waals surface area contributed by atoms with Gasteiger partial charge in [0, 0.05) is 11.4 Å². The fraction of sp³-hybridized carbons (Fsp3) is 0.267. The summed E-state index contributed by atoms with van der Waals surface area (Å²) in [5.41, 5.74) is 9.72. The number of aryl methyl sites for hydroxylation is 3. The van der Waals surface area contributed by atoms with Crippen LogP contribution in [0.2, 0.25) is 0 Å². The van der Waals surface area contributed by atoms with Crippen molar-refractivity contribution in [2.45, 2.75) is 26.2 Å². The Bertz CT molecular complexity index is 668. The molecule has 2 N–H and O–H groups in total. The summed E-state index contributed by atoms with van der Waals surface area (Å²) in [6.07, 6.45) is 4.81. The Hall–Kier alpha value is -2.01. The highest BCUT2D eigenvalue weighted by atomic mass is 32.1. The van der Waals surface area contributed by atoms with Crippen molar-refractivity contribution in [1.29, 1.82) is 0 Å². The summed E-state index contributed by atoms with van der Waals surface area (Å²) >= 11 is 5.10. The van der Waals surface area contributed by atoms with Gasteiger partial charge in [-0.2, -0.15) is 0 Å². The first-order valence-electron chi connectivity index (χ1n) is 6.56. The zero-order valence-corrected chi connectivity index (χ0v) is 12.0. The number of hydrogen-bond donors (Lipinski definition) is 1. The second kappa shape index (κ2) is 5.17. The van der Waals surface area contributed by atoms with Crippen molar-refractivity contribution in [3.8, 4) is 11.6 Å². The van der Waals surface area contributed by atoms with Crippen molar-refractivity contribution in [2.24, 2.45) is 5.73 Å². The molecule has 0 saturated heterocycles. The Morgan fingerprint density at radius 1 is 1.35 bits per heavy atom. The van der Waals surface area contributed by atoms with Crippen LogP contribution in [0, 0.1) is 6.92 Å².